The molecule has 0 radical (unpaired) electrons. The Labute approximate surface area is 146 Å². The van der Waals surface area contributed by atoms with Gasteiger partial charge < -0.3 is 14.2 Å². The van der Waals surface area contributed by atoms with Gasteiger partial charge in [0.25, 0.3) is 0 Å². The van der Waals surface area contributed by atoms with Crippen LogP contribution >= 0.6 is 0 Å². The maximum atomic E-state index is 6.35. The largest absolute Gasteiger partial charge is 0.454 e. The first-order valence-corrected chi connectivity index (χ1v) is 8.83. The smallest absolute Gasteiger partial charge is 0.159 e. The lowest BCUT2D eigenvalue weighted by Gasteiger charge is -2.42. The highest BCUT2D eigenvalue weighted by Gasteiger charge is 2.75. The molecule has 3 unspecified atom stereocenters. The third-order valence-corrected chi connectivity index (χ3v) is 7.15. The van der Waals surface area contributed by atoms with Gasteiger partial charge in [-0.1, -0.05) is 56.3 Å². The summed E-state index contributed by atoms with van der Waals surface area (Å²) in [6.07, 6.45) is 4.61. The van der Waals surface area contributed by atoms with Crippen molar-refractivity contribution in [3.05, 3.63) is 66.5 Å². The molecule has 2 aliphatic heterocycles. The Hall–Kier alpha value is -2.68. The van der Waals surface area contributed by atoms with Crippen LogP contribution in [0.1, 0.15) is 19.4 Å². The van der Waals surface area contributed by atoms with Crippen molar-refractivity contribution in [2.45, 2.75) is 25.4 Å². The number of hydrogen-bond acceptors (Lipinski definition) is 3. The number of benzene rings is 2. The molecule has 3 atom stereocenters. The van der Waals surface area contributed by atoms with E-state index in [0.29, 0.717) is 0 Å². The van der Waals surface area contributed by atoms with E-state index in [1.165, 1.54) is 27.6 Å². The first kappa shape index (κ1) is 13.6. The van der Waals surface area contributed by atoms with Crippen molar-refractivity contribution >= 4 is 27.6 Å². The van der Waals surface area contributed by atoms with E-state index in [2.05, 4.69) is 80.0 Å². The van der Waals surface area contributed by atoms with Gasteiger partial charge in [0.1, 0.15) is 11.7 Å². The second-order valence-electron chi connectivity index (χ2n) is 7.99. The van der Waals surface area contributed by atoms with Gasteiger partial charge in [-0.3, -0.25) is 0 Å². The SMILES string of the molecule is C=C1C2(C)c3ccc4c(oc5ccccc54)c3N3C=CN(C)C3C12C. The molecule has 3 heterocycles. The number of rotatable bonds is 0. The third-order valence-electron chi connectivity index (χ3n) is 7.15. The summed E-state index contributed by atoms with van der Waals surface area (Å²) in [4.78, 5) is 4.70. The monoisotopic (exact) mass is 328 g/mol. The molecule has 0 bridgehead atoms. The van der Waals surface area contributed by atoms with Crippen molar-refractivity contribution < 1.29 is 4.42 Å². The zero-order chi connectivity index (χ0) is 17.1. The summed E-state index contributed by atoms with van der Waals surface area (Å²) in [6, 6.07) is 12.8. The van der Waals surface area contributed by atoms with Crippen LogP contribution in [0, 0.1) is 5.41 Å². The Balaban J connectivity index is 1.77. The molecule has 3 nitrogen and oxygen atoms in total. The lowest BCUT2D eigenvalue weighted by Crippen LogP contribution is -2.49. The number of hydrogen-bond donors (Lipinski definition) is 0. The van der Waals surface area contributed by atoms with E-state index >= 15 is 0 Å². The summed E-state index contributed by atoms with van der Waals surface area (Å²) in [5.74, 6) is 0. The Kier molecular flexibility index (Phi) is 2.05. The van der Waals surface area contributed by atoms with Gasteiger partial charge in [0.05, 0.1) is 5.69 Å². The molecular weight excluding hydrogens is 308 g/mol. The zero-order valence-corrected chi connectivity index (χ0v) is 14.7. The van der Waals surface area contributed by atoms with Gasteiger partial charge in [-0.2, -0.15) is 0 Å². The third kappa shape index (κ3) is 1.20. The second-order valence-corrected chi connectivity index (χ2v) is 7.99. The van der Waals surface area contributed by atoms with E-state index < -0.39 is 0 Å². The first-order valence-electron chi connectivity index (χ1n) is 8.83. The standard InChI is InChI=1S/C22H20N2O/c1-13-21(2)16-10-9-15-14-7-5-6-8-17(14)25-19(15)18(16)24-12-11-23(4)20(24)22(13,21)3/h5-12,20H,1H2,2-4H3. The molecule has 1 aromatic heterocycles. The van der Waals surface area contributed by atoms with Crippen molar-refractivity contribution in [1.29, 1.82) is 0 Å². The van der Waals surface area contributed by atoms with Gasteiger partial charge >= 0.3 is 0 Å². The molecule has 0 spiro atoms. The normalized spacial score (nSPS) is 32.3. The molecule has 6 rings (SSSR count). The van der Waals surface area contributed by atoms with E-state index in [4.69, 9.17) is 4.42 Å². The first-order chi connectivity index (χ1) is 12.0. The lowest BCUT2D eigenvalue weighted by atomic mass is 9.81. The molecule has 1 aliphatic carbocycles. The van der Waals surface area contributed by atoms with Crippen molar-refractivity contribution in [1.82, 2.24) is 4.90 Å². The Bertz CT molecular complexity index is 1140. The number of nitrogens with zero attached hydrogens (tertiary/aromatic N) is 2. The minimum Gasteiger partial charge on any atom is -0.454 e. The van der Waals surface area contributed by atoms with Gasteiger partial charge in [0, 0.05) is 41.1 Å². The summed E-state index contributed by atoms with van der Waals surface area (Å²) >= 11 is 0. The topological polar surface area (TPSA) is 19.6 Å². The van der Waals surface area contributed by atoms with Crippen molar-refractivity contribution in [3.63, 3.8) is 0 Å². The highest BCUT2D eigenvalue weighted by Crippen LogP contribution is 2.76. The van der Waals surface area contributed by atoms with Crippen LogP contribution in [-0.4, -0.2) is 18.1 Å². The number of fused-ring (bicyclic) bond motifs is 10. The molecule has 2 aromatic carbocycles. The molecule has 0 amide bonds. The van der Waals surface area contributed by atoms with E-state index in [1.807, 2.05) is 6.07 Å². The van der Waals surface area contributed by atoms with Crippen molar-refractivity contribution in [3.8, 4) is 0 Å². The highest BCUT2D eigenvalue weighted by atomic mass is 16.3. The quantitative estimate of drug-likeness (QED) is 0.543. The van der Waals surface area contributed by atoms with Gasteiger partial charge in [-0.15, -0.1) is 0 Å². The van der Waals surface area contributed by atoms with Gasteiger partial charge in [-0.05, 0) is 11.6 Å². The number of furan rings is 1. The maximum Gasteiger partial charge on any atom is 0.159 e. The van der Waals surface area contributed by atoms with Crippen LogP contribution in [0.15, 0.2) is 65.4 Å². The van der Waals surface area contributed by atoms with Crippen LogP contribution in [0.5, 0.6) is 0 Å². The van der Waals surface area contributed by atoms with E-state index in [-0.39, 0.29) is 17.0 Å². The average molecular weight is 328 g/mol. The minimum atomic E-state index is -0.00303. The summed E-state index contributed by atoms with van der Waals surface area (Å²) in [6.45, 7) is 9.15. The molecule has 1 fully saturated rings. The number of anilines is 1. The summed E-state index contributed by atoms with van der Waals surface area (Å²) in [5.41, 5.74) is 5.86. The maximum absolute atomic E-state index is 6.35. The minimum absolute atomic E-state index is 0.00303. The molecule has 3 aliphatic rings. The number of para-hydroxylation sites is 1. The van der Waals surface area contributed by atoms with Crippen LogP contribution in [0.2, 0.25) is 0 Å². The highest BCUT2D eigenvalue weighted by molar-refractivity contribution is 6.10. The fraction of sp³-hybridized carbons (Fsp3) is 0.273. The lowest BCUT2D eigenvalue weighted by molar-refractivity contribution is 0.225. The van der Waals surface area contributed by atoms with E-state index in [1.54, 1.807) is 0 Å². The Morgan fingerprint density at radius 2 is 1.84 bits per heavy atom. The predicted octanol–water partition coefficient (Wildman–Crippen LogP) is 4.98. The Morgan fingerprint density at radius 3 is 2.68 bits per heavy atom. The summed E-state index contributed by atoms with van der Waals surface area (Å²) < 4.78 is 6.35. The molecule has 25 heavy (non-hydrogen) atoms. The fourth-order valence-corrected chi connectivity index (χ4v) is 5.51. The van der Waals surface area contributed by atoms with Crippen molar-refractivity contribution in [2.75, 3.05) is 11.9 Å². The predicted molar refractivity (Wildman–Crippen MR) is 101 cm³/mol. The van der Waals surface area contributed by atoms with Crippen LogP contribution in [0.4, 0.5) is 5.69 Å². The fourth-order valence-electron chi connectivity index (χ4n) is 5.51. The summed E-state index contributed by atoms with van der Waals surface area (Å²) in [7, 11) is 2.15. The molecule has 1 saturated carbocycles. The molecule has 124 valence electrons. The van der Waals surface area contributed by atoms with Crippen molar-refractivity contribution in [2.24, 2.45) is 5.41 Å². The molecule has 0 saturated heterocycles. The van der Waals surface area contributed by atoms with Crippen LogP contribution in [0.25, 0.3) is 21.9 Å². The van der Waals surface area contributed by atoms with Gasteiger partial charge in [-0.25, -0.2) is 0 Å². The summed E-state index contributed by atoms with van der Waals surface area (Å²) in [5, 5.41) is 2.37. The molecular formula is C22H20N2O. The van der Waals surface area contributed by atoms with E-state index in [0.717, 1.165) is 11.2 Å². The average Bonchev–Trinajstić information content (AvgIpc) is 2.99. The van der Waals surface area contributed by atoms with Gasteiger partial charge in [0.2, 0.25) is 0 Å². The van der Waals surface area contributed by atoms with Crippen LogP contribution in [0.3, 0.4) is 0 Å². The molecule has 0 N–H and O–H groups in total. The molecule has 3 heteroatoms. The molecule has 3 aromatic rings. The second kappa shape index (κ2) is 3.77. The Morgan fingerprint density at radius 1 is 1.04 bits per heavy atom. The van der Waals surface area contributed by atoms with Crippen LogP contribution < -0.4 is 4.90 Å². The van der Waals surface area contributed by atoms with E-state index in [9.17, 15) is 0 Å². The van der Waals surface area contributed by atoms with Crippen LogP contribution in [-0.2, 0) is 5.41 Å². The van der Waals surface area contributed by atoms with Gasteiger partial charge in [0.15, 0.2) is 5.58 Å². The zero-order valence-electron chi connectivity index (χ0n) is 14.7.